The fraction of sp³-hybridized carbons (Fsp3) is 0.611. The Morgan fingerprint density at radius 3 is 2.54 bits per heavy atom. The molecule has 3 heterocycles. The van der Waals surface area contributed by atoms with Crippen LogP contribution >= 0.6 is 15.9 Å². The van der Waals surface area contributed by atoms with Crippen molar-refractivity contribution >= 4 is 21.8 Å². The van der Waals surface area contributed by atoms with Crippen LogP contribution in [-0.4, -0.2) is 61.4 Å². The van der Waals surface area contributed by atoms with Crippen LogP contribution in [0.1, 0.15) is 30.3 Å². The Balaban J connectivity index is 1.46. The molecule has 0 radical (unpaired) electrons. The van der Waals surface area contributed by atoms with Crippen molar-refractivity contribution < 1.29 is 4.79 Å². The van der Waals surface area contributed by atoms with Crippen molar-refractivity contribution in [1.82, 2.24) is 29.4 Å². The average molecular weight is 423 g/mol. The molecule has 142 valence electrons. The molecule has 0 saturated carbocycles. The molecule has 2 aromatic rings. The van der Waals surface area contributed by atoms with Gasteiger partial charge in [-0.3, -0.25) is 19.1 Å². The molecule has 0 N–H and O–H groups in total. The van der Waals surface area contributed by atoms with Crippen LogP contribution in [0.25, 0.3) is 0 Å². The summed E-state index contributed by atoms with van der Waals surface area (Å²) in [5, 5.41) is 8.81. The number of carbonyl (C=O) groups is 1. The first-order valence-corrected chi connectivity index (χ1v) is 9.98. The molecule has 0 aromatic carbocycles. The highest BCUT2D eigenvalue weighted by molar-refractivity contribution is 9.10. The molecular weight excluding hydrogens is 396 g/mol. The SMILES string of the molecule is CCn1cc(CN2CCN(C(=O)CCn3ncc(Br)c3C)CC2)c(C)n1. The number of hydrogen-bond acceptors (Lipinski definition) is 4. The normalized spacial score (nSPS) is 15.6. The standard InChI is InChI=1S/C18H27BrN6O/c1-4-24-13-16(14(2)21-24)12-22-7-9-23(10-8-22)18(26)5-6-25-15(3)17(19)11-20-25/h11,13H,4-10,12H2,1-3H3. The summed E-state index contributed by atoms with van der Waals surface area (Å²) in [7, 11) is 0. The molecule has 1 saturated heterocycles. The lowest BCUT2D eigenvalue weighted by atomic mass is 10.2. The van der Waals surface area contributed by atoms with Gasteiger partial charge in [-0.25, -0.2) is 0 Å². The predicted molar refractivity (Wildman–Crippen MR) is 104 cm³/mol. The van der Waals surface area contributed by atoms with Crippen LogP contribution in [0.15, 0.2) is 16.9 Å². The molecule has 26 heavy (non-hydrogen) atoms. The highest BCUT2D eigenvalue weighted by Gasteiger charge is 2.22. The van der Waals surface area contributed by atoms with Gasteiger partial charge in [-0.15, -0.1) is 0 Å². The third kappa shape index (κ3) is 4.35. The topological polar surface area (TPSA) is 59.2 Å². The van der Waals surface area contributed by atoms with Crippen LogP contribution in [0.2, 0.25) is 0 Å². The first kappa shape index (κ1) is 19.1. The molecule has 1 aliphatic rings. The minimum atomic E-state index is 0.214. The van der Waals surface area contributed by atoms with Crippen LogP contribution in [0.5, 0.6) is 0 Å². The van der Waals surface area contributed by atoms with E-state index in [0.717, 1.165) is 55.1 Å². The van der Waals surface area contributed by atoms with Gasteiger partial charge in [0.15, 0.2) is 0 Å². The highest BCUT2D eigenvalue weighted by Crippen LogP contribution is 2.15. The third-order valence-electron chi connectivity index (χ3n) is 5.07. The molecule has 2 aromatic heterocycles. The summed E-state index contributed by atoms with van der Waals surface area (Å²) in [4.78, 5) is 16.9. The van der Waals surface area contributed by atoms with Crippen molar-refractivity contribution in [3.05, 3.63) is 33.8 Å². The van der Waals surface area contributed by atoms with E-state index >= 15 is 0 Å². The summed E-state index contributed by atoms with van der Waals surface area (Å²) in [5.41, 5.74) is 3.45. The maximum Gasteiger partial charge on any atom is 0.224 e. The van der Waals surface area contributed by atoms with Gasteiger partial charge in [0, 0.05) is 69.7 Å². The van der Waals surface area contributed by atoms with Crippen LogP contribution in [0.3, 0.4) is 0 Å². The number of nitrogens with zero attached hydrogens (tertiary/aromatic N) is 6. The van der Waals surface area contributed by atoms with Crippen molar-refractivity contribution in [3.8, 4) is 0 Å². The van der Waals surface area contributed by atoms with Crippen molar-refractivity contribution in [1.29, 1.82) is 0 Å². The maximum atomic E-state index is 12.5. The van der Waals surface area contributed by atoms with Gasteiger partial charge in [0.2, 0.25) is 5.91 Å². The van der Waals surface area contributed by atoms with Gasteiger partial charge in [-0.2, -0.15) is 10.2 Å². The molecule has 0 unspecified atom stereocenters. The van der Waals surface area contributed by atoms with E-state index in [1.807, 2.05) is 21.2 Å². The number of aryl methyl sites for hydroxylation is 3. The molecule has 0 bridgehead atoms. The Morgan fingerprint density at radius 2 is 1.96 bits per heavy atom. The molecule has 0 atom stereocenters. The fourth-order valence-corrected chi connectivity index (χ4v) is 3.58. The number of rotatable bonds is 6. The van der Waals surface area contributed by atoms with Crippen LogP contribution in [0, 0.1) is 13.8 Å². The lowest BCUT2D eigenvalue weighted by molar-refractivity contribution is -0.133. The smallest absolute Gasteiger partial charge is 0.224 e. The fourth-order valence-electron chi connectivity index (χ4n) is 3.28. The average Bonchev–Trinajstić information content (AvgIpc) is 3.16. The Hall–Kier alpha value is -1.67. The highest BCUT2D eigenvalue weighted by atomic mass is 79.9. The van der Waals surface area contributed by atoms with Crippen molar-refractivity contribution in [3.63, 3.8) is 0 Å². The molecule has 0 aliphatic carbocycles. The van der Waals surface area contributed by atoms with E-state index in [4.69, 9.17) is 0 Å². The third-order valence-corrected chi connectivity index (χ3v) is 5.85. The van der Waals surface area contributed by atoms with E-state index < -0.39 is 0 Å². The Kier molecular flexibility index (Phi) is 6.13. The number of halogens is 1. The quantitative estimate of drug-likeness (QED) is 0.715. The Bertz CT molecular complexity index is 760. The van der Waals surface area contributed by atoms with Crippen LogP contribution < -0.4 is 0 Å². The summed E-state index contributed by atoms with van der Waals surface area (Å²) in [5.74, 6) is 0.214. The minimum Gasteiger partial charge on any atom is -0.340 e. The minimum absolute atomic E-state index is 0.214. The number of carbonyl (C=O) groups excluding carboxylic acids is 1. The summed E-state index contributed by atoms with van der Waals surface area (Å²) in [6.07, 6.45) is 4.41. The number of aromatic nitrogens is 4. The molecule has 1 fully saturated rings. The molecule has 8 heteroatoms. The zero-order valence-corrected chi connectivity index (χ0v) is 17.4. The van der Waals surface area contributed by atoms with E-state index in [2.05, 4.69) is 51.1 Å². The second-order valence-electron chi connectivity index (χ2n) is 6.80. The lowest BCUT2D eigenvalue weighted by Gasteiger charge is -2.34. The lowest BCUT2D eigenvalue weighted by Crippen LogP contribution is -2.48. The van der Waals surface area contributed by atoms with E-state index in [1.165, 1.54) is 5.56 Å². The van der Waals surface area contributed by atoms with Crippen molar-refractivity contribution in [2.75, 3.05) is 26.2 Å². The van der Waals surface area contributed by atoms with E-state index in [1.54, 1.807) is 6.20 Å². The van der Waals surface area contributed by atoms with Gasteiger partial charge in [-0.1, -0.05) is 0 Å². The van der Waals surface area contributed by atoms with E-state index in [0.29, 0.717) is 13.0 Å². The zero-order valence-electron chi connectivity index (χ0n) is 15.8. The second kappa shape index (κ2) is 8.35. The van der Waals surface area contributed by atoms with Gasteiger partial charge >= 0.3 is 0 Å². The molecular formula is C18H27BrN6O. The summed E-state index contributed by atoms with van der Waals surface area (Å²) in [6.45, 7) is 12.0. The van der Waals surface area contributed by atoms with E-state index in [-0.39, 0.29) is 5.91 Å². The Morgan fingerprint density at radius 1 is 1.23 bits per heavy atom. The largest absolute Gasteiger partial charge is 0.340 e. The van der Waals surface area contributed by atoms with Gasteiger partial charge in [0.25, 0.3) is 0 Å². The zero-order chi connectivity index (χ0) is 18.7. The van der Waals surface area contributed by atoms with Crippen LogP contribution in [0.4, 0.5) is 0 Å². The predicted octanol–water partition coefficient (Wildman–Crippen LogP) is 2.21. The van der Waals surface area contributed by atoms with E-state index in [9.17, 15) is 4.79 Å². The monoisotopic (exact) mass is 422 g/mol. The number of hydrogen-bond donors (Lipinski definition) is 0. The first-order valence-electron chi connectivity index (χ1n) is 9.19. The number of amides is 1. The Labute approximate surface area is 163 Å². The van der Waals surface area contributed by atoms with Gasteiger partial charge in [0.1, 0.15) is 0 Å². The molecule has 3 rings (SSSR count). The van der Waals surface area contributed by atoms with Crippen molar-refractivity contribution in [2.45, 2.75) is 46.8 Å². The molecule has 0 spiro atoms. The molecule has 1 aliphatic heterocycles. The van der Waals surface area contributed by atoms with Gasteiger partial charge in [-0.05, 0) is 36.7 Å². The number of piperazine rings is 1. The molecule has 7 nitrogen and oxygen atoms in total. The second-order valence-corrected chi connectivity index (χ2v) is 7.66. The molecule has 1 amide bonds. The summed E-state index contributed by atoms with van der Waals surface area (Å²) < 4.78 is 4.85. The summed E-state index contributed by atoms with van der Waals surface area (Å²) in [6, 6.07) is 0. The first-order chi connectivity index (χ1) is 12.5. The van der Waals surface area contributed by atoms with Crippen molar-refractivity contribution in [2.24, 2.45) is 0 Å². The van der Waals surface area contributed by atoms with Gasteiger partial charge < -0.3 is 4.90 Å². The van der Waals surface area contributed by atoms with Gasteiger partial charge in [0.05, 0.1) is 16.4 Å². The van der Waals surface area contributed by atoms with Crippen LogP contribution in [-0.2, 0) is 24.4 Å². The summed E-state index contributed by atoms with van der Waals surface area (Å²) >= 11 is 3.45. The maximum absolute atomic E-state index is 12.5.